The summed E-state index contributed by atoms with van der Waals surface area (Å²) < 4.78 is 0. The minimum absolute atomic E-state index is 0.423. The first-order valence-corrected chi connectivity index (χ1v) is 31.7. The molecule has 1 fully saturated rings. The maximum absolute atomic E-state index is 9.26. The van der Waals surface area contributed by atoms with Crippen molar-refractivity contribution in [1.29, 1.82) is 0 Å². The van der Waals surface area contributed by atoms with Gasteiger partial charge in [0.05, 0.1) is 7.11 Å². The Labute approximate surface area is 323 Å². The SMILES string of the molecule is CC(C)c1cc(C(C)C)c([Si]2(c3c(C(C)C)cc(C(C)C)cc3C(C)C)[Si](C)(C)[Si@@]2(Cl)c2c(C(C)C)cc(C(C)C)cc2C(C)C)c(C(C)C)c1. The fraction of sp³-hybridized carbons (Fsp3) is 0.617. The van der Waals surface area contributed by atoms with E-state index in [1.54, 1.807) is 48.9 Å². The van der Waals surface area contributed by atoms with Gasteiger partial charge in [-0.1, -0.05) is 184 Å². The molecule has 0 aliphatic carbocycles. The maximum atomic E-state index is 9.26. The molecular formula is C47H75ClSi3. The molecule has 4 heteroatoms. The summed E-state index contributed by atoms with van der Waals surface area (Å²) in [7, 11) is -4.80. The average Bonchev–Trinajstić information content (AvgIpc) is 3.43. The molecule has 0 saturated carbocycles. The third-order valence-electron chi connectivity index (χ3n) is 12.7. The van der Waals surface area contributed by atoms with Crippen LogP contribution in [0.2, 0.25) is 13.1 Å². The van der Waals surface area contributed by atoms with Gasteiger partial charge in [0.25, 0.3) is 0 Å². The molecule has 1 heterocycles. The molecule has 0 nitrogen and oxygen atoms in total. The summed E-state index contributed by atoms with van der Waals surface area (Å²) >= 11 is 9.26. The van der Waals surface area contributed by atoms with Crippen molar-refractivity contribution in [3.8, 4) is 0 Å². The monoisotopic (exact) mass is 758 g/mol. The molecule has 282 valence electrons. The third kappa shape index (κ3) is 6.69. The maximum Gasteiger partial charge on any atom is 0.173 e. The average molecular weight is 760 g/mol. The van der Waals surface area contributed by atoms with E-state index >= 15 is 0 Å². The second-order valence-corrected chi connectivity index (χ2v) is 51.8. The van der Waals surface area contributed by atoms with E-state index in [4.69, 9.17) is 0 Å². The molecule has 0 unspecified atom stereocenters. The van der Waals surface area contributed by atoms with Crippen molar-refractivity contribution >= 4 is 47.3 Å². The lowest BCUT2D eigenvalue weighted by atomic mass is 9.89. The van der Waals surface area contributed by atoms with Crippen LogP contribution in [0.5, 0.6) is 0 Å². The summed E-state index contributed by atoms with van der Waals surface area (Å²) in [6, 6.07) is 15.8. The van der Waals surface area contributed by atoms with Crippen LogP contribution in [-0.2, 0) is 0 Å². The van der Waals surface area contributed by atoms with E-state index in [1.165, 1.54) is 16.7 Å². The van der Waals surface area contributed by atoms with Crippen LogP contribution in [0.1, 0.15) is 228 Å². The molecule has 0 bridgehead atoms. The molecule has 0 radical (unpaired) electrons. The zero-order chi connectivity index (χ0) is 38.9. The topological polar surface area (TPSA) is 0 Å². The summed E-state index contributed by atoms with van der Waals surface area (Å²) in [4.78, 5) is 0. The van der Waals surface area contributed by atoms with Crippen LogP contribution in [0, 0.1) is 0 Å². The van der Waals surface area contributed by atoms with Crippen molar-refractivity contribution in [3.05, 3.63) is 86.5 Å². The summed E-state index contributed by atoms with van der Waals surface area (Å²) in [5.41, 5.74) is 14.0. The van der Waals surface area contributed by atoms with Gasteiger partial charge in [0.2, 0.25) is 0 Å². The molecule has 1 aliphatic rings. The summed E-state index contributed by atoms with van der Waals surface area (Å²) in [5.74, 6) is 4.02. The van der Waals surface area contributed by atoms with E-state index < -0.39 is 20.6 Å². The van der Waals surface area contributed by atoms with Gasteiger partial charge < -0.3 is 0 Å². The van der Waals surface area contributed by atoms with Gasteiger partial charge in [0.1, 0.15) is 7.11 Å². The molecule has 3 aromatic rings. The first-order chi connectivity index (χ1) is 23.4. The van der Waals surface area contributed by atoms with Crippen LogP contribution in [0.25, 0.3) is 0 Å². The van der Waals surface area contributed by atoms with E-state index in [2.05, 4.69) is 174 Å². The Morgan fingerprint density at radius 2 is 0.529 bits per heavy atom. The molecule has 0 amide bonds. The Morgan fingerprint density at radius 3 is 0.706 bits per heavy atom. The van der Waals surface area contributed by atoms with Crippen molar-refractivity contribution in [1.82, 2.24) is 0 Å². The highest BCUT2D eigenvalue weighted by Crippen LogP contribution is 2.57. The second kappa shape index (κ2) is 15.0. The summed E-state index contributed by atoms with van der Waals surface area (Å²) in [6.45, 7) is 49.3. The van der Waals surface area contributed by atoms with Crippen molar-refractivity contribution in [2.24, 2.45) is 0 Å². The standard InChI is InChI=1S/C47H75ClSi3/c1-27(2)36-21-39(30(7)8)45(40(22-36)31(9)10)50(46-41(32(11)12)23-37(28(3)4)24-42(46)33(13)14)49(19,20)51(50,48)47-43(34(15)16)25-38(29(5)6)26-44(47)35(17)18/h21-35H,1-20H3/t51-/m0/s1. The third-order valence-corrected chi connectivity index (χ3v) is 69.7. The molecular weight excluding hydrogens is 684 g/mol. The van der Waals surface area contributed by atoms with Gasteiger partial charge in [-0.05, 0) is 109 Å². The number of hydrogen-bond donors (Lipinski definition) is 0. The lowest BCUT2D eigenvalue weighted by Gasteiger charge is -2.37. The smallest absolute Gasteiger partial charge is 0.168 e. The van der Waals surface area contributed by atoms with Gasteiger partial charge in [-0.25, -0.2) is 0 Å². The van der Waals surface area contributed by atoms with Crippen LogP contribution in [0.15, 0.2) is 36.4 Å². The van der Waals surface area contributed by atoms with Crippen molar-refractivity contribution < 1.29 is 0 Å². The van der Waals surface area contributed by atoms with Crippen molar-refractivity contribution in [3.63, 3.8) is 0 Å². The van der Waals surface area contributed by atoms with E-state index in [0.29, 0.717) is 53.3 Å². The highest BCUT2D eigenvalue weighted by molar-refractivity contribution is 8.27. The van der Waals surface area contributed by atoms with Gasteiger partial charge in [-0.15, -0.1) is 0 Å². The van der Waals surface area contributed by atoms with Gasteiger partial charge in [0, 0.05) is 0 Å². The summed E-state index contributed by atoms with van der Waals surface area (Å²) in [5, 5.41) is 5.21. The fourth-order valence-corrected chi connectivity index (χ4v) is 86.5. The van der Waals surface area contributed by atoms with Crippen molar-refractivity contribution in [2.45, 2.75) is 191 Å². The number of hydrogen-bond acceptors (Lipinski definition) is 0. The molecule has 51 heavy (non-hydrogen) atoms. The van der Waals surface area contributed by atoms with E-state index in [0.717, 1.165) is 0 Å². The Kier molecular flexibility index (Phi) is 12.5. The Hall–Kier alpha value is -1.40. The highest BCUT2D eigenvalue weighted by Gasteiger charge is 2.90. The Balaban J connectivity index is 2.48. The van der Waals surface area contributed by atoms with Crippen LogP contribution < -0.4 is 15.6 Å². The first-order valence-electron chi connectivity index (χ1n) is 20.6. The highest BCUT2D eigenvalue weighted by atomic mass is 35.6. The van der Waals surface area contributed by atoms with Gasteiger partial charge in [0.15, 0.2) is 6.42 Å². The first kappa shape index (κ1) is 42.3. The zero-order valence-corrected chi connectivity index (χ0v) is 40.3. The Bertz CT molecular complexity index is 1570. The molecule has 1 saturated heterocycles. The molecule has 0 spiro atoms. The van der Waals surface area contributed by atoms with Gasteiger partial charge >= 0.3 is 0 Å². The van der Waals surface area contributed by atoms with E-state index in [-0.39, 0.29) is 0 Å². The quantitative estimate of drug-likeness (QED) is 0.127. The predicted molar refractivity (Wildman–Crippen MR) is 240 cm³/mol. The van der Waals surface area contributed by atoms with Crippen LogP contribution in [0.4, 0.5) is 0 Å². The lowest BCUT2D eigenvalue weighted by Crippen LogP contribution is -2.64. The van der Waals surface area contributed by atoms with Crippen LogP contribution in [-0.4, -0.2) is 20.6 Å². The van der Waals surface area contributed by atoms with Crippen LogP contribution in [0.3, 0.4) is 0 Å². The predicted octanol–water partition coefficient (Wildman–Crippen LogP) is 13.4. The van der Waals surface area contributed by atoms with E-state index in [1.807, 2.05) is 0 Å². The molecule has 0 aromatic heterocycles. The number of benzene rings is 3. The largest absolute Gasteiger partial charge is 0.173 e. The molecule has 1 atom stereocenters. The minimum atomic E-state index is -2.69. The molecule has 0 N–H and O–H groups in total. The number of rotatable bonds is 12. The number of halogens is 1. The van der Waals surface area contributed by atoms with Crippen molar-refractivity contribution in [2.75, 3.05) is 0 Å². The Morgan fingerprint density at radius 1 is 0.333 bits per heavy atom. The molecule has 1 aliphatic heterocycles. The summed E-state index contributed by atoms with van der Waals surface area (Å²) in [6.07, 6.45) is -2.69. The minimum Gasteiger partial charge on any atom is -0.168 e. The molecule has 4 rings (SSSR count). The second-order valence-electron chi connectivity index (χ2n) is 19.6. The van der Waals surface area contributed by atoms with E-state index in [9.17, 15) is 11.1 Å². The lowest BCUT2D eigenvalue weighted by molar-refractivity contribution is 0.809. The van der Waals surface area contributed by atoms with Gasteiger partial charge in [-0.3, -0.25) is 0 Å². The molecule has 3 aromatic carbocycles. The normalized spacial score (nSPS) is 18.7. The fourth-order valence-electron chi connectivity index (χ4n) is 9.55. The van der Waals surface area contributed by atoms with Gasteiger partial charge in [-0.2, -0.15) is 11.1 Å². The zero-order valence-electron chi connectivity index (χ0n) is 36.5. The van der Waals surface area contributed by atoms with Crippen LogP contribution >= 0.6 is 11.1 Å².